The van der Waals surface area contributed by atoms with E-state index in [1.165, 1.54) is 0 Å². The predicted octanol–water partition coefficient (Wildman–Crippen LogP) is 1.56. The molecular weight excluding hydrogens is 204 g/mol. The molecule has 1 rings (SSSR count). The topological polar surface area (TPSA) is 64.3 Å². The van der Waals surface area contributed by atoms with Gasteiger partial charge >= 0.3 is 0 Å². The molecule has 0 aliphatic heterocycles. The number of nitrogen functional groups attached to an aromatic ring is 1. The predicted molar refractivity (Wildman–Crippen MR) is 64.2 cm³/mol. The van der Waals surface area contributed by atoms with Crippen molar-refractivity contribution in [1.29, 1.82) is 0 Å². The summed E-state index contributed by atoms with van der Waals surface area (Å²) in [5.41, 5.74) is 6.23. The first-order valence-electron chi connectivity index (χ1n) is 5.31. The number of benzene rings is 1. The summed E-state index contributed by atoms with van der Waals surface area (Å²) >= 11 is 0. The van der Waals surface area contributed by atoms with Gasteiger partial charge in [0.25, 0.3) is 5.91 Å². The summed E-state index contributed by atoms with van der Waals surface area (Å²) in [7, 11) is 0. The van der Waals surface area contributed by atoms with Crippen LogP contribution in [-0.4, -0.2) is 18.1 Å². The molecule has 0 bridgehead atoms. The Bertz CT molecular complexity index is 364. The van der Waals surface area contributed by atoms with Crippen molar-refractivity contribution in [2.45, 2.75) is 32.9 Å². The average Bonchev–Trinajstić information content (AvgIpc) is 2.16. The van der Waals surface area contributed by atoms with Crippen LogP contribution in [0, 0.1) is 0 Å². The maximum atomic E-state index is 11.6. The minimum absolute atomic E-state index is 0.111. The Kier molecular flexibility index (Phi) is 4.17. The summed E-state index contributed by atoms with van der Waals surface area (Å²) in [5, 5.41) is 2.78. The van der Waals surface area contributed by atoms with E-state index in [1.54, 1.807) is 31.2 Å². The van der Waals surface area contributed by atoms with Crippen LogP contribution in [0.2, 0.25) is 0 Å². The van der Waals surface area contributed by atoms with Crippen LogP contribution in [0.3, 0.4) is 0 Å². The zero-order chi connectivity index (χ0) is 12.1. The largest absolute Gasteiger partial charge is 0.481 e. The third-order valence-electron chi connectivity index (χ3n) is 1.97. The fourth-order valence-corrected chi connectivity index (χ4v) is 1.25. The number of nitrogens with two attached hydrogens (primary N) is 1. The van der Waals surface area contributed by atoms with Crippen molar-refractivity contribution < 1.29 is 9.53 Å². The molecule has 0 aromatic heterocycles. The highest BCUT2D eigenvalue weighted by Gasteiger charge is 2.15. The van der Waals surface area contributed by atoms with Gasteiger partial charge in [0.1, 0.15) is 5.75 Å². The second kappa shape index (κ2) is 5.39. The molecule has 3 N–H and O–H groups in total. The highest BCUT2D eigenvalue weighted by atomic mass is 16.5. The Balaban J connectivity index is 2.57. The van der Waals surface area contributed by atoms with Crippen LogP contribution in [-0.2, 0) is 4.79 Å². The third kappa shape index (κ3) is 3.81. The van der Waals surface area contributed by atoms with E-state index in [1.807, 2.05) is 13.8 Å². The summed E-state index contributed by atoms with van der Waals surface area (Å²) in [6.07, 6.45) is -0.524. The zero-order valence-electron chi connectivity index (χ0n) is 9.86. The first-order chi connectivity index (χ1) is 7.49. The van der Waals surface area contributed by atoms with E-state index in [4.69, 9.17) is 10.5 Å². The lowest BCUT2D eigenvalue weighted by Crippen LogP contribution is -2.40. The summed E-state index contributed by atoms with van der Waals surface area (Å²) in [5.74, 6) is 0.476. The monoisotopic (exact) mass is 222 g/mol. The molecule has 1 aromatic rings. The number of hydrogen-bond donors (Lipinski definition) is 2. The number of carbonyl (C=O) groups is 1. The Morgan fingerprint density at radius 2 is 2.06 bits per heavy atom. The Morgan fingerprint density at radius 3 is 2.62 bits per heavy atom. The minimum Gasteiger partial charge on any atom is -0.481 e. The molecule has 1 atom stereocenters. The molecular formula is C12H18N2O2. The number of amides is 1. The second-order valence-corrected chi connectivity index (χ2v) is 4.00. The lowest BCUT2D eigenvalue weighted by molar-refractivity contribution is -0.127. The van der Waals surface area contributed by atoms with E-state index in [0.717, 1.165) is 0 Å². The van der Waals surface area contributed by atoms with Crippen molar-refractivity contribution in [3.05, 3.63) is 24.3 Å². The molecule has 16 heavy (non-hydrogen) atoms. The fraction of sp³-hybridized carbons (Fsp3) is 0.417. The van der Waals surface area contributed by atoms with Crippen molar-refractivity contribution in [2.75, 3.05) is 5.73 Å². The molecule has 1 amide bonds. The van der Waals surface area contributed by atoms with Gasteiger partial charge in [-0.2, -0.15) is 0 Å². The quantitative estimate of drug-likeness (QED) is 0.760. The molecule has 0 radical (unpaired) electrons. The summed E-state index contributed by atoms with van der Waals surface area (Å²) < 4.78 is 5.47. The molecule has 0 aliphatic rings. The van der Waals surface area contributed by atoms with Crippen LogP contribution in [0.4, 0.5) is 5.69 Å². The average molecular weight is 222 g/mol. The van der Waals surface area contributed by atoms with Crippen molar-refractivity contribution in [3.63, 3.8) is 0 Å². The van der Waals surface area contributed by atoms with Gasteiger partial charge in [-0.05, 0) is 32.9 Å². The Hall–Kier alpha value is -1.71. The molecule has 0 saturated heterocycles. The third-order valence-corrected chi connectivity index (χ3v) is 1.97. The van der Waals surface area contributed by atoms with Gasteiger partial charge < -0.3 is 15.8 Å². The molecule has 4 nitrogen and oxygen atoms in total. The SMILES string of the molecule is CC(C)NC(=O)[C@@H](C)Oc1cccc(N)c1. The van der Waals surface area contributed by atoms with Gasteiger partial charge in [0.2, 0.25) is 0 Å². The standard InChI is InChI=1S/C12H18N2O2/c1-8(2)14-12(15)9(3)16-11-6-4-5-10(13)7-11/h4-9H,13H2,1-3H3,(H,14,15)/t9-/m1/s1. The summed E-state index contributed by atoms with van der Waals surface area (Å²) in [4.78, 5) is 11.6. The van der Waals surface area contributed by atoms with Crippen molar-refractivity contribution in [3.8, 4) is 5.75 Å². The van der Waals surface area contributed by atoms with Gasteiger partial charge in [-0.15, -0.1) is 0 Å². The van der Waals surface area contributed by atoms with Crippen LogP contribution >= 0.6 is 0 Å². The van der Waals surface area contributed by atoms with Gasteiger partial charge in [-0.1, -0.05) is 6.07 Å². The number of ether oxygens (including phenoxy) is 1. The van der Waals surface area contributed by atoms with E-state index in [-0.39, 0.29) is 11.9 Å². The first kappa shape index (κ1) is 12.4. The Morgan fingerprint density at radius 1 is 1.38 bits per heavy atom. The van der Waals surface area contributed by atoms with Gasteiger partial charge in [0.05, 0.1) is 0 Å². The van der Waals surface area contributed by atoms with Gasteiger partial charge in [0.15, 0.2) is 6.10 Å². The van der Waals surface area contributed by atoms with Crippen molar-refractivity contribution in [1.82, 2.24) is 5.32 Å². The highest BCUT2D eigenvalue weighted by molar-refractivity contribution is 5.80. The number of anilines is 1. The van der Waals surface area contributed by atoms with E-state index < -0.39 is 6.10 Å². The highest BCUT2D eigenvalue weighted by Crippen LogP contribution is 2.15. The van der Waals surface area contributed by atoms with Crippen molar-refractivity contribution >= 4 is 11.6 Å². The minimum atomic E-state index is -0.524. The lowest BCUT2D eigenvalue weighted by Gasteiger charge is -2.16. The van der Waals surface area contributed by atoms with E-state index >= 15 is 0 Å². The molecule has 1 aromatic carbocycles. The summed E-state index contributed by atoms with van der Waals surface area (Å²) in [6.45, 7) is 5.52. The molecule has 0 aliphatic carbocycles. The molecule has 0 heterocycles. The molecule has 0 unspecified atom stereocenters. The number of carbonyl (C=O) groups excluding carboxylic acids is 1. The van der Waals surface area contributed by atoms with Gasteiger partial charge in [-0.25, -0.2) is 0 Å². The fourth-order valence-electron chi connectivity index (χ4n) is 1.25. The number of nitrogens with one attached hydrogen (secondary N) is 1. The van der Waals surface area contributed by atoms with Crippen LogP contribution in [0.5, 0.6) is 5.75 Å². The maximum absolute atomic E-state index is 11.6. The van der Waals surface area contributed by atoms with Crippen LogP contribution in [0.15, 0.2) is 24.3 Å². The van der Waals surface area contributed by atoms with Crippen molar-refractivity contribution in [2.24, 2.45) is 0 Å². The first-order valence-corrected chi connectivity index (χ1v) is 5.31. The van der Waals surface area contributed by atoms with E-state index in [9.17, 15) is 4.79 Å². The Labute approximate surface area is 95.8 Å². The van der Waals surface area contributed by atoms with E-state index in [2.05, 4.69) is 5.32 Å². The van der Waals surface area contributed by atoms with Crippen LogP contribution < -0.4 is 15.8 Å². The molecule has 0 spiro atoms. The van der Waals surface area contributed by atoms with Gasteiger partial charge in [0, 0.05) is 17.8 Å². The molecule has 4 heteroatoms. The second-order valence-electron chi connectivity index (χ2n) is 4.00. The normalized spacial score (nSPS) is 12.2. The smallest absolute Gasteiger partial charge is 0.260 e. The van der Waals surface area contributed by atoms with E-state index in [0.29, 0.717) is 11.4 Å². The molecule has 0 fully saturated rings. The summed E-state index contributed by atoms with van der Waals surface area (Å²) in [6, 6.07) is 7.14. The van der Waals surface area contributed by atoms with Gasteiger partial charge in [-0.3, -0.25) is 4.79 Å². The number of hydrogen-bond acceptors (Lipinski definition) is 3. The lowest BCUT2D eigenvalue weighted by atomic mass is 10.3. The van der Waals surface area contributed by atoms with Crippen LogP contribution in [0.1, 0.15) is 20.8 Å². The molecule has 0 saturated carbocycles. The zero-order valence-corrected chi connectivity index (χ0v) is 9.86. The molecule has 88 valence electrons. The number of rotatable bonds is 4. The van der Waals surface area contributed by atoms with Crippen LogP contribution in [0.25, 0.3) is 0 Å². The maximum Gasteiger partial charge on any atom is 0.260 e.